The monoisotopic (exact) mass is 193 g/mol. The third-order valence-corrected chi connectivity index (χ3v) is 1.92. The van der Waals surface area contributed by atoms with E-state index in [0.29, 0.717) is 11.4 Å². The van der Waals surface area contributed by atoms with Crippen molar-refractivity contribution in [1.82, 2.24) is 4.98 Å². The number of nitrogens with zero attached hydrogens (tertiary/aromatic N) is 1. The van der Waals surface area contributed by atoms with Crippen molar-refractivity contribution in [3.05, 3.63) is 23.4 Å². The number of nitrogens with two attached hydrogens (primary N) is 1. The van der Waals surface area contributed by atoms with Crippen molar-refractivity contribution in [2.45, 2.75) is 20.3 Å². The summed E-state index contributed by atoms with van der Waals surface area (Å²) in [4.78, 5) is 15.3. The highest BCUT2D eigenvalue weighted by Crippen LogP contribution is 2.13. The average Bonchev–Trinajstić information content (AvgIpc) is 2.17. The first kappa shape index (κ1) is 10.5. The fraction of sp³-hybridized carbons (Fsp3) is 0.400. The third-order valence-electron chi connectivity index (χ3n) is 1.92. The molecular weight excluding hydrogens is 178 g/mol. The minimum Gasteiger partial charge on any atom is -0.370 e. The summed E-state index contributed by atoms with van der Waals surface area (Å²) in [6, 6.07) is 3.53. The van der Waals surface area contributed by atoms with Gasteiger partial charge in [0.1, 0.15) is 5.82 Å². The van der Waals surface area contributed by atoms with Gasteiger partial charge in [-0.05, 0) is 25.5 Å². The Hall–Kier alpha value is -1.58. The molecule has 0 atom stereocenters. The van der Waals surface area contributed by atoms with Crippen molar-refractivity contribution in [3.8, 4) is 0 Å². The van der Waals surface area contributed by atoms with Crippen molar-refractivity contribution in [1.29, 1.82) is 0 Å². The maximum atomic E-state index is 11.0. The Balaban J connectivity index is 3.10. The van der Waals surface area contributed by atoms with Crippen LogP contribution in [0.15, 0.2) is 12.1 Å². The van der Waals surface area contributed by atoms with Crippen LogP contribution in [0.25, 0.3) is 0 Å². The van der Waals surface area contributed by atoms with Gasteiger partial charge in [-0.15, -0.1) is 0 Å². The first-order chi connectivity index (χ1) is 6.69. The van der Waals surface area contributed by atoms with Crippen LogP contribution in [0.2, 0.25) is 0 Å². The molecule has 0 unspecified atom stereocenters. The van der Waals surface area contributed by atoms with Crippen molar-refractivity contribution >= 4 is 11.7 Å². The molecule has 1 heterocycles. The molecule has 0 fully saturated rings. The minimum atomic E-state index is -0.448. The van der Waals surface area contributed by atoms with Crippen LogP contribution in [-0.4, -0.2) is 17.4 Å². The number of carbonyl (C=O) groups excluding carboxylic acids is 1. The molecular formula is C10H15N3O. The molecule has 76 valence electrons. The Morgan fingerprint density at radius 3 is 2.71 bits per heavy atom. The van der Waals surface area contributed by atoms with Crippen LogP contribution in [0.5, 0.6) is 0 Å². The molecule has 0 radical (unpaired) electrons. The Labute approximate surface area is 83.5 Å². The number of pyridine rings is 1. The quantitative estimate of drug-likeness (QED) is 0.754. The van der Waals surface area contributed by atoms with Gasteiger partial charge in [-0.3, -0.25) is 4.79 Å². The van der Waals surface area contributed by atoms with Gasteiger partial charge in [0, 0.05) is 12.2 Å². The van der Waals surface area contributed by atoms with Gasteiger partial charge >= 0.3 is 0 Å². The zero-order valence-corrected chi connectivity index (χ0v) is 8.50. The maximum Gasteiger partial charge on any atom is 0.252 e. The second-order valence-electron chi connectivity index (χ2n) is 2.95. The van der Waals surface area contributed by atoms with Crippen LogP contribution in [0.4, 0.5) is 5.82 Å². The Kier molecular flexibility index (Phi) is 3.45. The number of rotatable bonds is 4. The van der Waals surface area contributed by atoms with E-state index in [4.69, 9.17) is 5.73 Å². The third kappa shape index (κ3) is 2.22. The van der Waals surface area contributed by atoms with E-state index in [-0.39, 0.29) is 0 Å². The van der Waals surface area contributed by atoms with Crippen molar-refractivity contribution in [2.75, 3.05) is 11.9 Å². The van der Waals surface area contributed by atoms with E-state index < -0.39 is 5.91 Å². The summed E-state index contributed by atoms with van der Waals surface area (Å²) >= 11 is 0. The summed E-state index contributed by atoms with van der Waals surface area (Å²) in [5.41, 5.74) is 6.62. The second kappa shape index (κ2) is 4.60. The van der Waals surface area contributed by atoms with E-state index in [0.717, 1.165) is 18.7 Å². The number of nitrogens with one attached hydrogen (secondary N) is 1. The van der Waals surface area contributed by atoms with Crippen LogP contribution in [0.3, 0.4) is 0 Å². The van der Waals surface area contributed by atoms with E-state index in [1.54, 1.807) is 6.07 Å². The molecule has 0 aliphatic rings. The van der Waals surface area contributed by atoms with E-state index >= 15 is 0 Å². The predicted molar refractivity (Wildman–Crippen MR) is 56.3 cm³/mol. The van der Waals surface area contributed by atoms with E-state index in [9.17, 15) is 4.79 Å². The topological polar surface area (TPSA) is 68.0 Å². The summed E-state index contributed by atoms with van der Waals surface area (Å²) < 4.78 is 0. The molecule has 0 spiro atoms. The molecule has 0 saturated heterocycles. The molecule has 14 heavy (non-hydrogen) atoms. The van der Waals surface area contributed by atoms with E-state index in [1.807, 2.05) is 19.9 Å². The Morgan fingerprint density at radius 1 is 1.50 bits per heavy atom. The second-order valence-corrected chi connectivity index (χ2v) is 2.95. The van der Waals surface area contributed by atoms with Crippen LogP contribution in [0, 0.1) is 0 Å². The van der Waals surface area contributed by atoms with Gasteiger partial charge in [0.05, 0.1) is 5.56 Å². The first-order valence-electron chi connectivity index (χ1n) is 4.72. The van der Waals surface area contributed by atoms with Gasteiger partial charge in [0.2, 0.25) is 0 Å². The smallest absolute Gasteiger partial charge is 0.252 e. The standard InChI is InChI=1S/C10H15N3O/c1-3-7-5-6-8(9(11)14)10(13-7)12-4-2/h5-6H,3-4H2,1-2H3,(H2,11,14)(H,12,13). The minimum absolute atomic E-state index is 0.448. The largest absolute Gasteiger partial charge is 0.370 e. The van der Waals surface area contributed by atoms with Crippen LogP contribution < -0.4 is 11.1 Å². The molecule has 0 aliphatic carbocycles. The Morgan fingerprint density at radius 2 is 2.21 bits per heavy atom. The predicted octanol–water partition coefficient (Wildman–Crippen LogP) is 1.17. The summed E-state index contributed by atoms with van der Waals surface area (Å²) in [7, 11) is 0. The fourth-order valence-corrected chi connectivity index (χ4v) is 1.20. The molecule has 1 amide bonds. The molecule has 1 aromatic heterocycles. The molecule has 0 aromatic carbocycles. The normalized spacial score (nSPS) is 9.86. The molecule has 0 aliphatic heterocycles. The highest BCUT2D eigenvalue weighted by Gasteiger charge is 2.08. The summed E-state index contributed by atoms with van der Waals surface area (Å²) in [6.07, 6.45) is 0.845. The molecule has 4 heteroatoms. The number of primary amides is 1. The fourth-order valence-electron chi connectivity index (χ4n) is 1.20. The van der Waals surface area contributed by atoms with Gasteiger partial charge in [-0.2, -0.15) is 0 Å². The lowest BCUT2D eigenvalue weighted by molar-refractivity contribution is 0.100. The zero-order valence-electron chi connectivity index (χ0n) is 8.50. The van der Waals surface area contributed by atoms with Gasteiger partial charge in [0.25, 0.3) is 5.91 Å². The van der Waals surface area contributed by atoms with Crippen LogP contribution in [0.1, 0.15) is 29.9 Å². The molecule has 1 aromatic rings. The number of carbonyl (C=O) groups is 1. The molecule has 3 N–H and O–H groups in total. The van der Waals surface area contributed by atoms with Crippen LogP contribution in [-0.2, 0) is 6.42 Å². The number of amides is 1. The van der Waals surface area contributed by atoms with Gasteiger partial charge in [0.15, 0.2) is 0 Å². The van der Waals surface area contributed by atoms with Crippen LogP contribution >= 0.6 is 0 Å². The molecule has 0 bridgehead atoms. The maximum absolute atomic E-state index is 11.0. The lowest BCUT2D eigenvalue weighted by atomic mass is 10.2. The highest BCUT2D eigenvalue weighted by atomic mass is 16.1. The molecule has 0 saturated carbocycles. The van der Waals surface area contributed by atoms with Crippen molar-refractivity contribution in [3.63, 3.8) is 0 Å². The number of aryl methyl sites for hydroxylation is 1. The summed E-state index contributed by atoms with van der Waals surface area (Å²) in [6.45, 7) is 4.69. The van der Waals surface area contributed by atoms with E-state index in [1.165, 1.54) is 0 Å². The molecule has 1 rings (SSSR count). The number of hydrogen-bond donors (Lipinski definition) is 2. The zero-order chi connectivity index (χ0) is 10.6. The van der Waals surface area contributed by atoms with Gasteiger partial charge in [-0.1, -0.05) is 6.92 Å². The lowest BCUT2D eigenvalue weighted by Gasteiger charge is -2.08. The highest BCUT2D eigenvalue weighted by molar-refractivity contribution is 5.97. The number of hydrogen-bond acceptors (Lipinski definition) is 3. The SMILES string of the molecule is CCNc1nc(CC)ccc1C(N)=O. The summed E-state index contributed by atoms with van der Waals surface area (Å²) in [5, 5.41) is 3.02. The first-order valence-corrected chi connectivity index (χ1v) is 4.72. The number of anilines is 1. The number of aromatic nitrogens is 1. The summed E-state index contributed by atoms with van der Waals surface area (Å²) in [5.74, 6) is 0.135. The lowest BCUT2D eigenvalue weighted by Crippen LogP contribution is -2.16. The van der Waals surface area contributed by atoms with Crippen molar-refractivity contribution < 1.29 is 4.79 Å². The van der Waals surface area contributed by atoms with Crippen molar-refractivity contribution in [2.24, 2.45) is 5.73 Å². The van der Waals surface area contributed by atoms with Gasteiger partial charge < -0.3 is 11.1 Å². The van der Waals surface area contributed by atoms with E-state index in [2.05, 4.69) is 10.3 Å². The Bertz CT molecular complexity index is 336. The molecule has 4 nitrogen and oxygen atoms in total. The van der Waals surface area contributed by atoms with Gasteiger partial charge in [-0.25, -0.2) is 4.98 Å². The average molecular weight is 193 g/mol.